The van der Waals surface area contributed by atoms with Crippen molar-refractivity contribution in [1.29, 1.82) is 0 Å². The lowest BCUT2D eigenvalue weighted by Gasteiger charge is -2.07. The lowest BCUT2D eigenvalue weighted by molar-refractivity contribution is -0.384. The van der Waals surface area contributed by atoms with Gasteiger partial charge >= 0.3 is 0 Å². The number of aryl methyl sites for hydroxylation is 1. The first-order chi connectivity index (χ1) is 8.99. The average Bonchev–Trinajstić information content (AvgIpc) is 2.74. The van der Waals surface area contributed by atoms with Crippen molar-refractivity contribution < 1.29 is 9.72 Å². The predicted molar refractivity (Wildman–Crippen MR) is 74.2 cm³/mol. The quantitative estimate of drug-likeness (QED) is 0.696. The molecule has 0 aliphatic carbocycles. The van der Waals surface area contributed by atoms with E-state index in [1.54, 1.807) is 25.2 Å². The number of aromatic nitrogens is 1. The molecular weight excluding hydrogens is 314 g/mol. The van der Waals surface area contributed by atoms with Gasteiger partial charge in [-0.3, -0.25) is 14.9 Å². The third-order valence-corrected chi connectivity index (χ3v) is 3.25. The molecule has 19 heavy (non-hydrogen) atoms. The Hall–Kier alpha value is -2.15. The number of anilines is 1. The van der Waals surface area contributed by atoms with E-state index in [4.69, 9.17) is 0 Å². The number of nitro groups is 1. The minimum absolute atomic E-state index is 0.111. The maximum absolute atomic E-state index is 12.0. The molecule has 1 heterocycles. The minimum Gasteiger partial charge on any atom is -0.340 e. The molecule has 1 aromatic heterocycles. The van der Waals surface area contributed by atoms with Crippen LogP contribution in [-0.2, 0) is 7.05 Å². The van der Waals surface area contributed by atoms with Crippen LogP contribution in [0.15, 0.2) is 41.0 Å². The third-order valence-electron chi connectivity index (χ3n) is 2.56. The minimum atomic E-state index is -0.533. The fourth-order valence-corrected chi connectivity index (χ4v) is 2.01. The lowest BCUT2D eigenvalue weighted by Crippen LogP contribution is -2.15. The monoisotopic (exact) mass is 323 g/mol. The van der Waals surface area contributed by atoms with Crippen LogP contribution in [0.5, 0.6) is 0 Å². The normalized spacial score (nSPS) is 10.2. The summed E-state index contributed by atoms with van der Waals surface area (Å²) in [5.74, 6) is -0.400. The number of halogens is 1. The Labute approximate surface area is 117 Å². The fraction of sp³-hybridized carbons (Fsp3) is 0.0833. The molecule has 0 saturated heterocycles. The van der Waals surface area contributed by atoms with Gasteiger partial charge in [-0.05, 0) is 28.1 Å². The molecule has 0 radical (unpaired) electrons. The van der Waals surface area contributed by atoms with Crippen molar-refractivity contribution in [3.63, 3.8) is 0 Å². The van der Waals surface area contributed by atoms with Gasteiger partial charge in [0.15, 0.2) is 0 Å². The van der Waals surface area contributed by atoms with Crippen LogP contribution in [-0.4, -0.2) is 15.4 Å². The van der Waals surface area contributed by atoms with E-state index in [1.807, 2.05) is 6.07 Å². The SMILES string of the molecule is Cn1cc([N+](=O)[O-])cc1C(=O)Nc1ccccc1Br. The second kappa shape index (κ2) is 5.23. The maximum Gasteiger partial charge on any atom is 0.287 e. The zero-order chi connectivity index (χ0) is 14.0. The number of nitrogens with one attached hydrogen (secondary N) is 1. The third kappa shape index (κ3) is 2.82. The molecule has 0 aliphatic rings. The summed E-state index contributed by atoms with van der Waals surface area (Å²) >= 11 is 3.31. The van der Waals surface area contributed by atoms with Crippen LogP contribution in [0, 0.1) is 10.1 Å². The molecule has 0 saturated carbocycles. The summed E-state index contributed by atoms with van der Waals surface area (Å²) in [5.41, 5.74) is 0.721. The summed E-state index contributed by atoms with van der Waals surface area (Å²) in [4.78, 5) is 22.2. The largest absolute Gasteiger partial charge is 0.340 e. The van der Waals surface area contributed by atoms with Gasteiger partial charge in [0.25, 0.3) is 11.6 Å². The number of benzene rings is 1. The van der Waals surface area contributed by atoms with E-state index in [-0.39, 0.29) is 11.4 Å². The fourth-order valence-electron chi connectivity index (χ4n) is 1.62. The summed E-state index contributed by atoms with van der Waals surface area (Å²) in [6.07, 6.45) is 1.30. The molecule has 0 bridgehead atoms. The van der Waals surface area contributed by atoms with Crippen LogP contribution in [0.4, 0.5) is 11.4 Å². The van der Waals surface area contributed by atoms with Crippen molar-refractivity contribution in [1.82, 2.24) is 4.57 Å². The van der Waals surface area contributed by atoms with Gasteiger partial charge in [0.1, 0.15) is 5.69 Å². The molecule has 98 valence electrons. The van der Waals surface area contributed by atoms with Gasteiger partial charge in [0, 0.05) is 17.6 Å². The van der Waals surface area contributed by atoms with E-state index in [0.717, 1.165) is 4.47 Å². The Bertz CT molecular complexity index is 651. The summed E-state index contributed by atoms with van der Waals surface area (Å²) in [6.45, 7) is 0. The molecular formula is C12H10BrN3O3. The number of nitrogens with zero attached hydrogens (tertiary/aromatic N) is 2. The Balaban J connectivity index is 2.26. The van der Waals surface area contributed by atoms with Crippen molar-refractivity contribution in [3.8, 4) is 0 Å². The van der Waals surface area contributed by atoms with Gasteiger partial charge in [-0.1, -0.05) is 12.1 Å². The van der Waals surface area contributed by atoms with Gasteiger partial charge < -0.3 is 9.88 Å². The summed E-state index contributed by atoms with van der Waals surface area (Å²) in [7, 11) is 1.59. The topological polar surface area (TPSA) is 77.2 Å². The average molecular weight is 324 g/mol. The standard InChI is InChI=1S/C12H10BrN3O3/c1-15-7-8(16(18)19)6-11(15)12(17)14-10-5-3-2-4-9(10)13/h2-7H,1H3,(H,14,17). The van der Waals surface area contributed by atoms with Crippen LogP contribution in [0.3, 0.4) is 0 Å². The molecule has 2 aromatic rings. The molecule has 1 aromatic carbocycles. The highest BCUT2D eigenvalue weighted by atomic mass is 79.9. The first-order valence-corrected chi connectivity index (χ1v) is 6.15. The molecule has 1 N–H and O–H groups in total. The van der Waals surface area contributed by atoms with Crippen molar-refractivity contribution >= 4 is 33.2 Å². The second-order valence-corrected chi connectivity index (χ2v) is 4.74. The van der Waals surface area contributed by atoms with Crippen molar-refractivity contribution in [2.24, 2.45) is 7.05 Å². The van der Waals surface area contributed by atoms with E-state index < -0.39 is 10.8 Å². The molecule has 6 nitrogen and oxygen atoms in total. The van der Waals surface area contributed by atoms with Gasteiger partial charge in [0.2, 0.25) is 0 Å². The molecule has 0 atom stereocenters. The molecule has 0 fully saturated rings. The number of para-hydroxylation sites is 1. The van der Waals surface area contributed by atoms with Gasteiger partial charge in [-0.2, -0.15) is 0 Å². The van der Waals surface area contributed by atoms with Crippen LogP contribution >= 0.6 is 15.9 Å². The Morgan fingerprint density at radius 1 is 1.42 bits per heavy atom. The molecule has 2 rings (SSSR count). The highest BCUT2D eigenvalue weighted by molar-refractivity contribution is 9.10. The van der Waals surface area contributed by atoms with Gasteiger partial charge in [0.05, 0.1) is 16.8 Å². The number of hydrogen-bond acceptors (Lipinski definition) is 3. The number of rotatable bonds is 3. The summed E-state index contributed by atoms with van der Waals surface area (Å²) in [6, 6.07) is 8.38. The summed E-state index contributed by atoms with van der Waals surface area (Å²) < 4.78 is 2.16. The molecule has 0 aliphatic heterocycles. The van der Waals surface area contributed by atoms with Crippen molar-refractivity contribution in [2.75, 3.05) is 5.32 Å². The Kier molecular flexibility index (Phi) is 3.66. The zero-order valence-corrected chi connectivity index (χ0v) is 11.5. The van der Waals surface area contributed by atoms with E-state index >= 15 is 0 Å². The maximum atomic E-state index is 12.0. The van der Waals surface area contributed by atoms with Crippen LogP contribution in [0.25, 0.3) is 0 Å². The molecule has 7 heteroatoms. The smallest absolute Gasteiger partial charge is 0.287 e. The van der Waals surface area contributed by atoms with E-state index in [2.05, 4.69) is 21.2 Å². The van der Waals surface area contributed by atoms with E-state index in [9.17, 15) is 14.9 Å². The lowest BCUT2D eigenvalue weighted by atomic mass is 10.3. The predicted octanol–water partition coefficient (Wildman–Crippen LogP) is 2.95. The van der Waals surface area contributed by atoms with Crippen LogP contribution in [0.1, 0.15) is 10.5 Å². The first-order valence-electron chi connectivity index (χ1n) is 5.35. The van der Waals surface area contributed by atoms with Gasteiger partial charge in [-0.15, -0.1) is 0 Å². The van der Waals surface area contributed by atoms with Crippen LogP contribution < -0.4 is 5.32 Å². The van der Waals surface area contributed by atoms with E-state index in [1.165, 1.54) is 16.8 Å². The zero-order valence-electron chi connectivity index (χ0n) is 9.96. The van der Waals surface area contributed by atoms with Crippen molar-refractivity contribution in [2.45, 2.75) is 0 Å². The summed E-state index contributed by atoms with van der Waals surface area (Å²) in [5, 5.41) is 13.3. The highest BCUT2D eigenvalue weighted by Crippen LogP contribution is 2.23. The second-order valence-electron chi connectivity index (χ2n) is 3.89. The van der Waals surface area contributed by atoms with Crippen LogP contribution in [0.2, 0.25) is 0 Å². The molecule has 1 amide bonds. The highest BCUT2D eigenvalue weighted by Gasteiger charge is 2.18. The molecule has 0 unspecified atom stereocenters. The Morgan fingerprint density at radius 2 is 2.11 bits per heavy atom. The number of carbonyl (C=O) groups excluding carboxylic acids is 1. The van der Waals surface area contributed by atoms with E-state index in [0.29, 0.717) is 5.69 Å². The first kappa shape index (κ1) is 13.3. The number of amides is 1. The number of hydrogen-bond donors (Lipinski definition) is 1. The van der Waals surface area contributed by atoms with Crippen molar-refractivity contribution in [3.05, 3.63) is 56.8 Å². The number of carbonyl (C=O) groups is 1. The Morgan fingerprint density at radius 3 is 2.68 bits per heavy atom. The van der Waals surface area contributed by atoms with Gasteiger partial charge in [-0.25, -0.2) is 0 Å². The molecule has 0 spiro atoms.